The number of anilines is 1. The Bertz CT molecular complexity index is 567. The molecule has 2 fully saturated rings. The fourth-order valence-corrected chi connectivity index (χ4v) is 4.07. The van der Waals surface area contributed by atoms with Gasteiger partial charge in [0.05, 0.1) is 5.02 Å². The van der Waals surface area contributed by atoms with Gasteiger partial charge >= 0.3 is 6.61 Å². The Hall–Kier alpha value is -1.36. The number of carbonyl (C=O) groups excluding carboxylic acids is 1. The van der Waals surface area contributed by atoms with Crippen molar-refractivity contribution in [1.29, 1.82) is 0 Å². The van der Waals surface area contributed by atoms with Crippen LogP contribution in [0.2, 0.25) is 5.02 Å². The Balaban J connectivity index is 1.56. The highest BCUT2D eigenvalue weighted by molar-refractivity contribution is 6.32. The monoisotopic (exact) mass is 329 g/mol. The molecule has 0 saturated heterocycles. The van der Waals surface area contributed by atoms with Crippen LogP contribution in [0.4, 0.5) is 14.5 Å². The van der Waals surface area contributed by atoms with Gasteiger partial charge in [0.1, 0.15) is 5.75 Å². The van der Waals surface area contributed by atoms with Crippen molar-refractivity contribution in [1.82, 2.24) is 0 Å². The number of hydrogen-bond acceptors (Lipinski definition) is 2. The second kappa shape index (κ2) is 6.41. The van der Waals surface area contributed by atoms with Gasteiger partial charge in [0, 0.05) is 12.1 Å². The first-order valence-corrected chi connectivity index (χ1v) is 7.93. The Labute approximate surface area is 133 Å². The number of carbonyl (C=O) groups is 1. The van der Waals surface area contributed by atoms with Crippen LogP contribution in [-0.2, 0) is 4.79 Å². The third-order valence-electron chi connectivity index (χ3n) is 4.76. The van der Waals surface area contributed by atoms with Crippen LogP contribution in [-0.4, -0.2) is 12.5 Å². The minimum atomic E-state index is -2.92. The second-order valence-corrected chi connectivity index (χ2v) is 6.62. The van der Waals surface area contributed by atoms with Gasteiger partial charge in [-0.1, -0.05) is 18.0 Å². The molecule has 2 saturated carbocycles. The third-order valence-corrected chi connectivity index (χ3v) is 5.06. The lowest BCUT2D eigenvalue weighted by Crippen LogP contribution is -2.20. The summed E-state index contributed by atoms with van der Waals surface area (Å²) in [6.45, 7) is -2.92. The maximum Gasteiger partial charge on any atom is 0.387 e. The van der Waals surface area contributed by atoms with E-state index in [0.717, 1.165) is 12.3 Å². The Morgan fingerprint density at radius 3 is 2.77 bits per heavy atom. The number of amides is 1. The molecule has 0 aliphatic heterocycles. The standard InChI is InChI=1S/C16H18ClF2NO2/c17-13-8-12(3-4-14(13)22-16(18)19)20-15(21)7-11-6-9-1-2-10(11)5-9/h3-4,8-11,16H,1-2,5-7H2,(H,20,21)/t9-,10+,11+/m0/s1. The molecule has 0 unspecified atom stereocenters. The fourth-order valence-electron chi connectivity index (χ4n) is 3.85. The van der Waals surface area contributed by atoms with Crippen LogP contribution in [0.25, 0.3) is 0 Å². The van der Waals surface area contributed by atoms with Gasteiger partial charge in [-0.2, -0.15) is 8.78 Å². The number of alkyl halides is 2. The van der Waals surface area contributed by atoms with Crippen LogP contribution in [0, 0.1) is 17.8 Å². The number of nitrogens with one attached hydrogen (secondary N) is 1. The molecule has 3 rings (SSSR count). The van der Waals surface area contributed by atoms with Gasteiger partial charge < -0.3 is 10.1 Å². The van der Waals surface area contributed by atoms with Gasteiger partial charge in [-0.15, -0.1) is 0 Å². The van der Waals surface area contributed by atoms with E-state index in [0.29, 0.717) is 23.9 Å². The highest BCUT2D eigenvalue weighted by Crippen LogP contribution is 2.49. The van der Waals surface area contributed by atoms with E-state index in [1.165, 1.54) is 37.5 Å². The smallest absolute Gasteiger partial charge is 0.387 e. The van der Waals surface area contributed by atoms with E-state index >= 15 is 0 Å². The molecule has 0 spiro atoms. The summed E-state index contributed by atoms with van der Waals surface area (Å²) in [6.07, 6.45) is 5.50. The van der Waals surface area contributed by atoms with E-state index in [1.807, 2.05) is 0 Å². The minimum absolute atomic E-state index is 0.0452. The molecule has 2 aliphatic rings. The predicted molar refractivity (Wildman–Crippen MR) is 80.3 cm³/mol. The van der Waals surface area contributed by atoms with Crippen molar-refractivity contribution in [3.8, 4) is 5.75 Å². The van der Waals surface area contributed by atoms with Crippen molar-refractivity contribution in [3.05, 3.63) is 23.2 Å². The minimum Gasteiger partial charge on any atom is -0.433 e. The quantitative estimate of drug-likeness (QED) is 0.849. The molecule has 3 nitrogen and oxygen atoms in total. The SMILES string of the molecule is O=C(C[C@H]1C[C@H]2CC[C@@H]1C2)Nc1ccc(OC(F)F)c(Cl)c1. The summed E-state index contributed by atoms with van der Waals surface area (Å²) in [4.78, 5) is 12.1. The van der Waals surface area contributed by atoms with Gasteiger partial charge in [0.25, 0.3) is 0 Å². The maximum absolute atomic E-state index is 12.2. The van der Waals surface area contributed by atoms with E-state index in [9.17, 15) is 13.6 Å². The first kappa shape index (κ1) is 15.5. The number of benzene rings is 1. The zero-order chi connectivity index (χ0) is 15.7. The molecule has 6 heteroatoms. The van der Waals surface area contributed by atoms with E-state index in [1.54, 1.807) is 0 Å². The van der Waals surface area contributed by atoms with Gasteiger partial charge in [0.2, 0.25) is 5.91 Å². The lowest BCUT2D eigenvalue weighted by atomic mass is 9.86. The van der Waals surface area contributed by atoms with Gasteiger partial charge in [-0.05, 0) is 55.2 Å². The topological polar surface area (TPSA) is 38.3 Å². The van der Waals surface area contributed by atoms with Gasteiger partial charge in [0.15, 0.2) is 0 Å². The average Bonchev–Trinajstić information content (AvgIpc) is 3.03. The van der Waals surface area contributed by atoms with E-state index in [4.69, 9.17) is 11.6 Å². The molecule has 22 heavy (non-hydrogen) atoms. The zero-order valence-corrected chi connectivity index (χ0v) is 12.8. The van der Waals surface area contributed by atoms with Crippen molar-refractivity contribution in [2.24, 2.45) is 17.8 Å². The fraction of sp³-hybridized carbons (Fsp3) is 0.562. The Kier molecular flexibility index (Phi) is 4.52. The number of rotatable bonds is 5. The number of halogens is 3. The molecular weight excluding hydrogens is 312 g/mol. The van der Waals surface area contributed by atoms with Crippen molar-refractivity contribution < 1.29 is 18.3 Å². The summed E-state index contributed by atoms with van der Waals surface area (Å²) < 4.78 is 28.6. The number of ether oxygens (including phenoxy) is 1. The molecule has 1 aromatic rings. The van der Waals surface area contributed by atoms with Crippen LogP contribution >= 0.6 is 11.6 Å². The Morgan fingerprint density at radius 2 is 2.18 bits per heavy atom. The first-order chi connectivity index (χ1) is 10.5. The summed E-state index contributed by atoms with van der Waals surface area (Å²) in [5.41, 5.74) is 0.500. The van der Waals surface area contributed by atoms with E-state index in [2.05, 4.69) is 10.1 Å². The first-order valence-electron chi connectivity index (χ1n) is 7.55. The van der Waals surface area contributed by atoms with Crippen molar-refractivity contribution in [2.45, 2.75) is 38.7 Å². The van der Waals surface area contributed by atoms with Crippen molar-refractivity contribution in [2.75, 3.05) is 5.32 Å². The van der Waals surface area contributed by atoms with E-state index < -0.39 is 6.61 Å². The summed E-state index contributed by atoms with van der Waals surface area (Å²) >= 11 is 5.87. The van der Waals surface area contributed by atoms with Crippen LogP contribution in [0.15, 0.2) is 18.2 Å². The normalized spacial score (nSPS) is 26.5. The highest BCUT2D eigenvalue weighted by atomic mass is 35.5. The molecule has 3 atom stereocenters. The lowest BCUT2D eigenvalue weighted by molar-refractivity contribution is -0.117. The average molecular weight is 330 g/mol. The largest absolute Gasteiger partial charge is 0.433 e. The number of hydrogen-bond donors (Lipinski definition) is 1. The van der Waals surface area contributed by atoms with Crippen LogP contribution in [0.3, 0.4) is 0 Å². The molecule has 1 amide bonds. The summed E-state index contributed by atoms with van der Waals surface area (Å²) in [6, 6.07) is 4.28. The molecule has 0 radical (unpaired) electrons. The van der Waals surface area contributed by atoms with Crippen LogP contribution < -0.4 is 10.1 Å². The summed E-state index contributed by atoms with van der Waals surface area (Å²) in [5, 5.41) is 2.84. The van der Waals surface area contributed by atoms with Gasteiger partial charge in [-0.3, -0.25) is 4.79 Å². The molecule has 0 heterocycles. The third kappa shape index (κ3) is 3.51. The summed E-state index contributed by atoms with van der Waals surface area (Å²) in [7, 11) is 0. The highest BCUT2D eigenvalue weighted by Gasteiger charge is 2.40. The molecule has 2 bridgehead atoms. The number of fused-ring (bicyclic) bond motifs is 2. The maximum atomic E-state index is 12.2. The molecule has 0 aromatic heterocycles. The zero-order valence-electron chi connectivity index (χ0n) is 12.0. The van der Waals surface area contributed by atoms with Crippen LogP contribution in [0.5, 0.6) is 5.75 Å². The molecular formula is C16H18ClF2NO2. The van der Waals surface area contributed by atoms with Crippen molar-refractivity contribution >= 4 is 23.2 Å². The molecule has 1 N–H and O–H groups in total. The second-order valence-electron chi connectivity index (χ2n) is 6.21. The molecule has 2 aliphatic carbocycles. The predicted octanol–water partition coefficient (Wildman–Crippen LogP) is 4.71. The van der Waals surface area contributed by atoms with Crippen molar-refractivity contribution in [3.63, 3.8) is 0 Å². The lowest BCUT2D eigenvalue weighted by Gasteiger charge is -2.21. The van der Waals surface area contributed by atoms with Gasteiger partial charge in [-0.25, -0.2) is 0 Å². The summed E-state index contributed by atoms with van der Waals surface area (Å²) in [5.74, 6) is 1.85. The Morgan fingerprint density at radius 1 is 1.36 bits per heavy atom. The van der Waals surface area contributed by atoms with Crippen LogP contribution in [0.1, 0.15) is 32.1 Å². The molecule has 120 valence electrons. The van der Waals surface area contributed by atoms with E-state index in [-0.39, 0.29) is 16.7 Å². The molecule has 1 aromatic carbocycles.